The molecule has 0 heterocycles. The lowest BCUT2D eigenvalue weighted by Crippen LogP contribution is -2.19. The van der Waals surface area contributed by atoms with Crippen LogP contribution in [0.1, 0.15) is 26.2 Å². The Kier molecular flexibility index (Phi) is 7.49. The molecule has 0 fully saturated rings. The van der Waals surface area contributed by atoms with Crippen molar-refractivity contribution in [3.05, 3.63) is 18.2 Å². The molecule has 0 saturated carbocycles. The van der Waals surface area contributed by atoms with E-state index in [2.05, 4.69) is 17.0 Å². The molecule has 7 heteroatoms. The van der Waals surface area contributed by atoms with Crippen LogP contribution in [0.2, 0.25) is 0 Å². The van der Waals surface area contributed by atoms with Crippen LogP contribution in [0.5, 0.6) is 0 Å². The number of benzene rings is 1. The Bertz CT molecular complexity index is 532. The number of rotatable bonds is 10. The molecule has 4 N–H and O–H groups in total. The molecule has 0 amide bonds. The van der Waals surface area contributed by atoms with Crippen LogP contribution in [0.15, 0.2) is 23.1 Å². The third kappa shape index (κ3) is 5.91. The number of anilines is 2. The molecular weight excluding hydrogens is 290 g/mol. The van der Waals surface area contributed by atoms with Gasteiger partial charge in [0.05, 0.1) is 16.3 Å². The molecule has 6 nitrogen and oxygen atoms in total. The number of sulfonamides is 1. The first-order valence-electron chi connectivity index (χ1n) is 7.16. The number of nitrogens with two attached hydrogens (primary N) is 1. The van der Waals surface area contributed by atoms with Gasteiger partial charge in [-0.05, 0) is 38.1 Å². The van der Waals surface area contributed by atoms with Gasteiger partial charge in [0.1, 0.15) is 0 Å². The van der Waals surface area contributed by atoms with Gasteiger partial charge >= 0.3 is 0 Å². The van der Waals surface area contributed by atoms with Gasteiger partial charge in [-0.3, -0.25) is 0 Å². The molecule has 0 aliphatic heterocycles. The third-order valence-corrected chi connectivity index (χ3v) is 4.44. The van der Waals surface area contributed by atoms with Crippen LogP contribution in [-0.2, 0) is 14.8 Å². The first kappa shape index (κ1) is 17.7. The highest BCUT2D eigenvalue weighted by atomic mass is 32.2. The Morgan fingerprint density at radius 2 is 1.95 bits per heavy atom. The van der Waals surface area contributed by atoms with Crippen LogP contribution in [0.25, 0.3) is 0 Å². The fourth-order valence-corrected chi connectivity index (χ4v) is 2.48. The van der Waals surface area contributed by atoms with E-state index >= 15 is 0 Å². The quantitative estimate of drug-likeness (QED) is 0.452. The summed E-state index contributed by atoms with van der Waals surface area (Å²) in [7, 11) is -2.07. The van der Waals surface area contributed by atoms with Crippen LogP contribution in [0.4, 0.5) is 11.4 Å². The summed E-state index contributed by atoms with van der Waals surface area (Å²) in [5.41, 5.74) is 7.00. The largest absolute Gasteiger partial charge is 0.397 e. The van der Waals surface area contributed by atoms with Gasteiger partial charge in [0.25, 0.3) is 0 Å². The molecule has 0 spiro atoms. The summed E-state index contributed by atoms with van der Waals surface area (Å²) in [6.07, 6.45) is 3.04. The van der Waals surface area contributed by atoms with Gasteiger partial charge < -0.3 is 15.8 Å². The van der Waals surface area contributed by atoms with Crippen molar-refractivity contribution in [3.8, 4) is 0 Å². The summed E-state index contributed by atoms with van der Waals surface area (Å²) in [6.45, 7) is 4.27. The van der Waals surface area contributed by atoms with Gasteiger partial charge in [-0.15, -0.1) is 0 Å². The van der Waals surface area contributed by atoms with Gasteiger partial charge in [0.2, 0.25) is 10.0 Å². The van der Waals surface area contributed by atoms with Gasteiger partial charge in [0.15, 0.2) is 0 Å². The van der Waals surface area contributed by atoms with Crippen LogP contribution in [0, 0.1) is 0 Å². The lowest BCUT2D eigenvalue weighted by Gasteiger charge is -2.11. The van der Waals surface area contributed by atoms with E-state index in [0.29, 0.717) is 24.5 Å². The van der Waals surface area contributed by atoms with Crippen LogP contribution in [-0.4, -0.2) is 35.2 Å². The molecule has 0 aromatic heterocycles. The number of hydrogen-bond acceptors (Lipinski definition) is 5. The molecule has 1 rings (SSSR count). The molecule has 0 radical (unpaired) electrons. The molecule has 0 aliphatic carbocycles. The minimum absolute atomic E-state index is 0.195. The molecule has 0 saturated heterocycles. The van der Waals surface area contributed by atoms with Crippen LogP contribution >= 0.6 is 0 Å². The summed E-state index contributed by atoms with van der Waals surface area (Å²) in [4.78, 5) is 0.195. The number of nitrogen functional groups attached to an aromatic ring is 1. The second-order valence-corrected chi connectivity index (χ2v) is 6.59. The van der Waals surface area contributed by atoms with Crippen LogP contribution in [0.3, 0.4) is 0 Å². The zero-order valence-electron chi connectivity index (χ0n) is 12.7. The van der Waals surface area contributed by atoms with Crippen molar-refractivity contribution in [3.63, 3.8) is 0 Å². The number of ether oxygens (including phenoxy) is 1. The Balaban J connectivity index is 2.50. The maximum absolute atomic E-state index is 11.7. The first-order valence-corrected chi connectivity index (χ1v) is 8.64. The van der Waals surface area contributed by atoms with E-state index < -0.39 is 10.0 Å². The fourth-order valence-electron chi connectivity index (χ4n) is 1.72. The van der Waals surface area contributed by atoms with Crippen molar-refractivity contribution in [2.75, 3.05) is 37.9 Å². The average molecular weight is 315 g/mol. The van der Waals surface area contributed by atoms with Crippen molar-refractivity contribution in [2.24, 2.45) is 0 Å². The number of nitrogens with one attached hydrogen (secondary N) is 2. The summed E-state index contributed by atoms with van der Waals surface area (Å²) < 4.78 is 31.2. The maximum atomic E-state index is 11.7. The molecule has 0 atom stereocenters. The molecule has 1 aromatic carbocycles. The molecule has 120 valence electrons. The predicted molar refractivity (Wildman–Crippen MR) is 85.9 cm³/mol. The third-order valence-electron chi connectivity index (χ3n) is 3.03. The van der Waals surface area contributed by atoms with Gasteiger partial charge in [0, 0.05) is 19.8 Å². The number of hydrogen-bond donors (Lipinski definition) is 3. The zero-order valence-corrected chi connectivity index (χ0v) is 13.5. The minimum Gasteiger partial charge on any atom is -0.397 e. The lowest BCUT2D eigenvalue weighted by atomic mass is 10.2. The standard InChI is InChI=1S/C14H25N3O3S/c1-3-4-9-20-10-5-8-17-14-11-12(6-7-13(14)15)21(18,19)16-2/h6-7,11,16-17H,3-5,8-10,15H2,1-2H3. The van der Waals surface area contributed by atoms with Crippen molar-refractivity contribution in [2.45, 2.75) is 31.1 Å². The highest BCUT2D eigenvalue weighted by molar-refractivity contribution is 7.89. The van der Waals surface area contributed by atoms with Gasteiger partial charge in [-0.1, -0.05) is 13.3 Å². The normalized spacial score (nSPS) is 11.5. The molecule has 0 aliphatic rings. The highest BCUT2D eigenvalue weighted by Gasteiger charge is 2.12. The fraction of sp³-hybridized carbons (Fsp3) is 0.571. The Morgan fingerprint density at radius 1 is 1.24 bits per heavy atom. The van der Waals surface area contributed by atoms with Crippen molar-refractivity contribution in [1.29, 1.82) is 0 Å². The predicted octanol–water partition coefficient (Wildman–Crippen LogP) is 1.80. The number of unbranched alkanes of at least 4 members (excludes halogenated alkanes) is 1. The van der Waals surface area contributed by atoms with E-state index in [9.17, 15) is 8.42 Å². The monoisotopic (exact) mass is 315 g/mol. The minimum atomic E-state index is -3.45. The van der Waals surface area contributed by atoms with E-state index in [1.807, 2.05) is 0 Å². The SMILES string of the molecule is CCCCOCCCNc1cc(S(=O)(=O)NC)ccc1N. The Hall–Kier alpha value is -1.31. The molecule has 0 unspecified atom stereocenters. The van der Waals surface area contributed by atoms with E-state index in [1.54, 1.807) is 12.1 Å². The molecular formula is C14H25N3O3S. The summed E-state index contributed by atoms with van der Waals surface area (Å²) in [6, 6.07) is 4.61. The highest BCUT2D eigenvalue weighted by Crippen LogP contribution is 2.22. The Labute approximate surface area is 127 Å². The van der Waals surface area contributed by atoms with Gasteiger partial charge in [-0.2, -0.15) is 0 Å². The second-order valence-electron chi connectivity index (χ2n) is 4.70. The smallest absolute Gasteiger partial charge is 0.240 e. The summed E-state index contributed by atoms with van der Waals surface area (Å²) in [5, 5.41) is 3.14. The zero-order chi connectivity index (χ0) is 15.7. The van der Waals surface area contributed by atoms with Crippen molar-refractivity contribution >= 4 is 21.4 Å². The Morgan fingerprint density at radius 3 is 2.62 bits per heavy atom. The summed E-state index contributed by atoms with van der Waals surface area (Å²) >= 11 is 0. The molecule has 1 aromatic rings. The van der Waals surface area contributed by atoms with Crippen molar-refractivity contribution < 1.29 is 13.2 Å². The second kappa shape index (κ2) is 8.86. The van der Waals surface area contributed by atoms with E-state index in [4.69, 9.17) is 10.5 Å². The molecule has 0 bridgehead atoms. The first-order chi connectivity index (χ1) is 10.0. The topological polar surface area (TPSA) is 93.4 Å². The van der Waals surface area contributed by atoms with E-state index in [1.165, 1.54) is 13.1 Å². The molecule has 21 heavy (non-hydrogen) atoms. The average Bonchev–Trinajstić information content (AvgIpc) is 2.47. The van der Waals surface area contributed by atoms with Gasteiger partial charge in [-0.25, -0.2) is 13.1 Å². The van der Waals surface area contributed by atoms with E-state index in [-0.39, 0.29) is 4.90 Å². The lowest BCUT2D eigenvalue weighted by molar-refractivity contribution is 0.131. The van der Waals surface area contributed by atoms with E-state index in [0.717, 1.165) is 25.9 Å². The van der Waals surface area contributed by atoms with Crippen molar-refractivity contribution in [1.82, 2.24) is 4.72 Å². The van der Waals surface area contributed by atoms with Crippen LogP contribution < -0.4 is 15.8 Å². The summed E-state index contributed by atoms with van der Waals surface area (Å²) in [5.74, 6) is 0. The maximum Gasteiger partial charge on any atom is 0.240 e.